The highest BCUT2D eigenvalue weighted by Gasteiger charge is 2.69. The summed E-state index contributed by atoms with van der Waals surface area (Å²) in [5.41, 5.74) is -0.301. The van der Waals surface area contributed by atoms with Crippen molar-refractivity contribution in [2.24, 2.45) is 23.2 Å². The summed E-state index contributed by atoms with van der Waals surface area (Å²) in [6.45, 7) is 8.05. The van der Waals surface area contributed by atoms with E-state index in [1.165, 1.54) is 6.04 Å². The van der Waals surface area contributed by atoms with Crippen molar-refractivity contribution in [1.29, 1.82) is 0 Å². The molecule has 0 N–H and O–H groups in total. The van der Waals surface area contributed by atoms with Crippen LogP contribution in [0.25, 0.3) is 0 Å². The SMILES string of the molecule is CN1CCC[C@@H]2[C@@H](C[Si](C)(C)C)[C@H]3C(=O)CCC[C@@]23C1=O. The molecule has 0 aromatic heterocycles. The fraction of sp³-hybridized carbons (Fsp3) is 0.882. The van der Waals surface area contributed by atoms with Gasteiger partial charge in [-0.2, -0.15) is 0 Å². The van der Waals surface area contributed by atoms with Crippen LogP contribution in [0.4, 0.5) is 0 Å². The van der Waals surface area contributed by atoms with Gasteiger partial charge >= 0.3 is 0 Å². The Morgan fingerprint density at radius 2 is 1.95 bits per heavy atom. The van der Waals surface area contributed by atoms with Crippen LogP contribution >= 0.6 is 0 Å². The third kappa shape index (κ3) is 2.21. The third-order valence-electron chi connectivity index (χ3n) is 6.12. The monoisotopic (exact) mass is 307 g/mol. The van der Waals surface area contributed by atoms with Gasteiger partial charge in [-0.25, -0.2) is 0 Å². The number of nitrogens with zero attached hydrogens (tertiary/aromatic N) is 1. The lowest BCUT2D eigenvalue weighted by molar-refractivity contribution is -0.186. The molecule has 3 fully saturated rings. The molecule has 21 heavy (non-hydrogen) atoms. The molecule has 3 aliphatic rings. The van der Waals surface area contributed by atoms with Crippen molar-refractivity contribution in [3.63, 3.8) is 0 Å². The minimum absolute atomic E-state index is 0.0519. The number of hydrogen-bond acceptors (Lipinski definition) is 2. The third-order valence-corrected chi connectivity index (χ3v) is 7.82. The number of Topliss-reactive ketones (excluding diaryl/α,β-unsaturated/α-hetero) is 1. The highest BCUT2D eigenvalue weighted by Crippen LogP contribution is 2.66. The summed E-state index contributed by atoms with van der Waals surface area (Å²) in [5.74, 6) is 1.71. The zero-order chi connectivity index (χ0) is 15.4. The molecule has 1 saturated heterocycles. The zero-order valence-corrected chi connectivity index (χ0v) is 14.9. The molecule has 2 saturated carbocycles. The smallest absolute Gasteiger partial charge is 0.229 e. The standard InChI is InChI=1S/C17H29NO2Si/c1-18-10-6-7-13-12(11-21(2,3)4)15-14(19)8-5-9-17(13,15)16(18)20/h12-13,15H,5-11H2,1-4H3/t12-,13-,15+,17-/m1/s1. The van der Waals surface area contributed by atoms with E-state index in [1.54, 1.807) is 0 Å². The first kappa shape index (κ1) is 15.3. The van der Waals surface area contributed by atoms with Gasteiger partial charge < -0.3 is 4.90 Å². The van der Waals surface area contributed by atoms with Crippen molar-refractivity contribution in [3.05, 3.63) is 0 Å². The van der Waals surface area contributed by atoms with Crippen molar-refractivity contribution in [3.8, 4) is 0 Å². The fourth-order valence-electron chi connectivity index (χ4n) is 5.53. The molecule has 2 aliphatic carbocycles. The average molecular weight is 308 g/mol. The zero-order valence-electron chi connectivity index (χ0n) is 13.9. The average Bonchev–Trinajstić information content (AvgIpc) is 2.46. The van der Waals surface area contributed by atoms with Crippen LogP contribution < -0.4 is 0 Å². The van der Waals surface area contributed by atoms with E-state index in [1.807, 2.05) is 11.9 Å². The van der Waals surface area contributed by atoms with Crippen molar-refractivity contribution in [1.82, 2.24) is 4.90 Å². The number of carbonyl (C=O) groups excluding carboxylic acids is 2. The van der Waals surface area contributed by atoms with E-state index >= 15 is 0 Å². The normalized spacial score (nSPS) is 40.2. The highest BCUT2D eigenvalue weighted by atomic mass is 28.3. The minimum Gasteiger partial charge on any atom is -0.345 e. The van der Waals surface area contributed by atoms with Gasteiger partial charge in [-0.15, -0.1) is 0 Å². The Morgan fingerprint density at radius 1 is 1.24 bits per heavy atom. The molecule has 3 nitrogen and oxygen atoms in total. The number of amides is 1. The van der Waals surface area contributed by atoms with E-state index in [2.05, 4.69) is 19.6 Å². The van der Waals surface area contributed by atoms with Crippen molar-refractivity contribution >= 4 is 19.8 Å². The second kappa shape index (κ2) is 4.93. The van der Waals surface area contributed by atoms with Crippen molar-refractivity contribution < 1.29 is 9.59 Å². The molecule has 1 spiro atoms. The molecule has 1 amide bonds. The second-order valence-corrected chi connectivity index (χ2v) is 14.3. The van der Waals surface area contributed by atoms with Crippen LogP contribution in [0.3, 0.4) is 0 Å². The fourth-order valence-corrected chi connectivity index (χ4v) is 7.46. The molecule has 4 heteroatoms. The van der Waals surface area contributed by atoms with Crippen LogP contribution in [-0.2, 0) is 9.59 Å². The van der Waals surface area contributed by atoms with Gasteiger partial charge in [0.1, 0.15) is 5.78 Å². The first-order valence-electron chi connectivity index (χ1n) is 8.56. The Morgan fingerprint density at radius 3 is 2.62 bits per heavy atom. The Kier molecular flexibility index (Phi) is 3.59. The molecule has 0 bridgehead atoms. The van der Waals surface area contributed by atoms with E-state index in [0.717, 1.165) is 32.2 Å². The lowest BCUT2D eigenvalue weighted by Crippen LogP contribution is -2.67. The molecule has 4 atom stereocenters. The molecule has 0 unspecified atom stereocenters. The van der Waals surface area contributed by atoms with Gasteiger partial charge in [0, 0.05) is 34.0 Å². The van der Waals surface area contributed by atoms with Gasteiger partial charge in [-0.1, -0.05) is 25.7 Å². The van der Waals surface area contributed by atoms with Crippen LogP contribution in [0.2, 0.25) is 25.7 Å². The summed E-state index contributed by atoms with van der Waals surface area (Å²) in [4.78, 5) is 27.5. The molecule has 118 valence electrons. The molecular formula is C17H29NO2Si. The lowest BCUT2D eigenvalue weighted by atomic mass is 9.41. The van der Waals surface area contributed by atoms with Gasteiger partial charge in [-0.05, 0) is 37.5 Å². The molecule has 1 heterocycles. The predicted molar refractivity (Wildman–Crippen MR) is 86.8 cm³/mol. The first-order chi connectivity index (χ1) is 9.77. The quantitative estimate of drug-likeness (QED) is 0.735. The van der Waals surface area contributed by atoms with E-state index < -0.39 is 8.07 Å². The lowest BCUT2D eigenvalue weighted by Gasteiger charge is -2.62. The summed E-state index contributed by atoms with van der Waals surface area (Å²) in [6, 6.07) is 1.22. The van der Waals surface area contributed by atoms with Gasteiger partial charge in [-0.3, -0.25) is 9.59 Å². The second-order valence-electron chi connectivity index (χ2n) is 8.74. The topological polar surface area (TPSA) is 37.4 Å². The molecule has 0 aromatic rings. The van der Waals surface area contributed by atoms with Crippen molar-refractivity contribution in [2.45, 2.75) is 57.8 Å². The van der Waals surface area contributed by atoms with E-state index in [-0.39, 0.29) is 17.2 Å². The van der Waals surface area contributed by atoms with Crippen LogP contribution in [0, 0.1) is 23.2 Å². The number of rotatable bonds is 2. The van der Waals surface area contributed by atoms with Gasteiger partial charge in [0.05, 0.1) is 5.41 Å². The van der Waals surface area contributed by atoms with Crippen LogP contribution in [0.5, 0.6) is 0 Å². The number of hydrogen-bond donors (Lipinski definition) is 0. The summed E-state index contributed by atoms with van der Waals surface area (Å²) < 4.78 is 0. The van der Waals surface area contributed by atoms with Gasteiger partial charge in [0.2, 0.25) is 5.91 Å². The number of carbonyl (C=O) groups is 2. The van der Waals surface area contributed by atoms with E-state index in [0.29, 0.717) is 24.0 Å². The number of likely N-dealkylation sites (tertiary alicyclic amines) is 1. The summed E-state index contributed by atoms with van der Waals surface area (Å²) in [6.07, 6.45) is 4.84. The Balaban J connectivity index is 1.97. The first-order valence-corrected chi connectivity index (χ1v) is 12.3. The highest BCUT2D eigenvalue weighted by molar-refractivity contribution is 6.76. The van der Waals surface area contributed by atoms with E-state index in [4.69, 9.17) is 0 Å². The Bertz CT molecular complexity index is 470. The minimum atomic E-state index is -1.21. The molecule has 0 radical (unpaired) electrons. The maximum atomic E-state index is 13.0. The maximum Gasteiger partial charge on any atom is 0.229 e. The van der Waals surface area contributed by atoms with E-state index in [9.17, 15) is 9.59 Å². The molecular weight excluding hydrogens is 278 g/mol. The Labute approximate surface area is 129 Å². The largest absolute Gasteiger partial charge is 0.345 e. The van der Waals surface area contributed by atoms with Crippen LogP contribution in [-0.4, -0.2) is 38.3 Å². The van der Waals surface area contributed by atoms with Crippen molar-refractivity contribution in [2.75, 3.05) is 13.6 Å². The van der Waals surface area contributed by atoms with Gasteiger partial charge in [0.15, 0.2) is 0 Å². The summed E-state index contributed by atoms with van der Waals surface area (Å²) in [7, 11) is 0.724. The number of ketones is 1. The molecule has 3 rings (SSSR count). The summed E-state index contributed by atoms with van der Waals surface area (Å²) >= 11 is 0. The Hall–Kier alpha value is -0.643. The molecule has 0 aromatic carbocycles. The summed E-state index contributed by atoms with van der Waals surface area (Å²) in [5, 5.41) is 0. The maximum absolute atomic E-state index is 13.0. The molecule has 1 aliphatic heterocycles. The van der Waals surface area contributed by atoms with Crippen LogP contribution in [0.1, 0.15) is 32.1 Å². The van der Waals surface area contributed by atoms with Gasteiger partial charge in [0.25, 0.3) is 0 Å². The van der Waals surface area contributed by atoms with Crippen LogP contribution in [0.15, 0.2) is 0 Å². The predicted octanol–water partition coefficient (Wildman–Crippen LogP) is 3.18.